The van der Waals surface area contributed by atoms with Gasteiger partial charge < -0.3 is 4.98 Å². The number of hydrogen-bond donors (Lipinski definition) is 1. The Labute approximate surface area is 131 Å². The van der Waals surface area contributed by atoms with Crippen LogP contribution in [0.2, 0.25) is 0 Å². The van der Waals surface area contributed by atoms with Gasteiger partial charge in [0.2, 0.25) is 0 Å². The predicted molar refractivity (Wildman–Crippen MR) is 82.7 cm³/mol. The fraction of sp³-hybridized carbons (Fsp3) is 0.235. The lowest BCUT2D eigenvalue weighted by atomic mass is 10.2. The van der Waals surface area contributed by atoms with Crippen LogP contribution >= 0.6 is 0 Å². The van der Waals surface area contributed by atoms with Gasteiger partial charge in [0, 0.05) is 6.54 Å². The Bertz CT molecular complexity index is 794. The van der Waals surface area contributed by atoms with Crippen LogP contribution in [-0.4, -0.2) is 21.9 Å². The van der Waals surface area contributed by atoms with Gasteiger partial charge in [-0.05, 0) is 30.8 Å². The van der Waals surface area contributed by atoms with Crippen LogP contribution in [0.25, 0.3) is 11.0 Å². The molecule has 3 rings (SSSR count). The number of H-pyrrole nitrogens is 1. The van der Waals surface area contributed by atoms with E-state index in [0.717, 1.165) is 18.7 Å². The van der Waals surface area contributed by atoms with E-state index in [4.69, 9.17) is 0 Å². The molecule has 1 aromatic heterocycles. The van der Waals surface area contributed by atoms with Crippen LogP contribution in [0.5, 0.6) is 0 Å². The van der Waals surface area contributed by atoms with Crippen LogP contribution in [-0.2, 0) is 19.3 Å². The maximum absolute atomic E-state index is 12.7. The number of aromatic nitrogens is 2. The first-order valence-corrected chi connectivity index (χ1v) is 7.20. The number of rotatable bonds is 4. The van der Waals surface area contributed by atoms with E-state index in [0.29, 0.717) is 23.4 Å². The third-order valence-electron chi connectivity index (χ3n) is 3.57. The monoisotopic (exact) mass is 319 g/mol. The topological polar surface area (TPSA) is 31.9 Å². The molecule has 0 atom stereocenters. The zero-order valence-corrected chi connectivity index (χ0v) is 12.6. The Balaban J connectivity index is 1.75. The molecule has 0 saturated heterocycles. The highest BCUT2D eigenvalue weighted by Gasteiger charge is 2.30. The minimum Gasteiger partial charge on any atom is -0.341 e. The molecule has 120 valence electrons. The summed E-state index contributed by atoms with van der Waals surface area (Å²) < 4.78 is 38.2. The second-order valence-electron chi connectivity index (χ2n) is 5.57. The highest BCUT2D eigenvalue weighted by Crippen LogP contribution is 2.30. The molecular weight excluding hydrogens is 303 g/mol. The standard InChI is InChI=1S/C17H16F3N3/c1-23(10-12-5-3-2-4-6-12)11-16-21-14-8-7-13(17(18,19)20)9-15(14)22-16/h2-9H,10-11H2,1H3,(H,21,22). The third kappa shape index (κ3) is 3.71. The lowest BCUT2D eigenvalue weighted by molar-refractivity contribution is -0.137. The van der Waals surface area contributed by atoms with E-state index in [1.165, 1.54) is 11.6 Å². The number of imidazole rings is 1. The highest BCUT2D eigenvalue weighted by atomic mass is 19.4. The van der Waals surface area contributed by atoms with Crippen molar-refractivity contribution in [3.05, 3.63) is 65.5 Å². The molecule has 0 aliphatic carbocycles. The van der Waals surface area contributed by atoms with Gasteiger partial charge in [-0.25, -0.2) is 4.98 Å². The van der Waals surface area contributed by atoms with Gasteiger partial charge in [0.05, 0.1) is 23.1 Å². The summed E-state index contributed by atoms with van der Waals surface area (Å²) in [7, 11) is 1.95. The Morgan fingerprint density at radius 2 is 1.78 bits per heavy atom. The summed E-state index contributed by atoms with van der Waals surface area (Å²) in [4.78, 5) is 9.38. The van der Waals surface area contributed by atoms with E-state index in [2.05, 4.69) is 14.9 Å². The van der Waals surface area contributed by atoms with Crippen LogP contribution in [0, 0.1) is 0 Å². The van der Waals surface area contributed by atoms with Crippen molar-refractivity contribution in [1.82, 2.24) is 14.9 Å². The summed E-state index contributed by atoms with van der Waals surface area (Å²) in [6.07, 6.45) is -4.34. The third-order valence-corrected chi connectivity index (χ3v) is 3.57. The van der Waals surface area contributed by atoms with E-state index in [1.807, 2.05) is 37.4 Å². The molecule has 1 heterocycles. The summed E-state index contributed by atoms with van der Waals surface area (Å²) in [5, 5.41) is 0. The molecule has 0 radical (unpaired) electrons. The summed E-state index contributed by atoms with van der Waals surface area (Å²) in [5.41, 5.74) is 1.45. The Morgan fingerprint density at radius 1 is 1.04 bits per heavy atom. The first-order valence-electron chi connectivity index (χ1n) is 7.20. The van der Waals surface area contributed by atoms with Crippen molar-refractivity contribution in [3.8, 4) is 0 Å². The number of fused-ring (bicyclic) bond motifs is 1. The van der Waals surface area contributed by atoms with Crippen molar-refractivity contribution < 1.29 is 13.2 Å². The van der Waals surface area contributed by atoms with Gasteiger partial charge >= 0.3 is 6.18 Å². The number of aromatic amines is 1. The zero-order chi connectivity index (χ0) is 16.4. The normalized spacial score (nSPS) is 12.2. The van der Waals surface area contributed by atoms with Crippen molar-refractivity contribution in [3.63, 3.8) is 0 Å². The van der Waals surface area contributed by atoms with Crippen molar-refractivity contribution in [2.45, 2.75) is 19.3 Å². The molecule has 0 fully saturated rings. The number of nitrogens with zero attached hydrogens (tertiary/aromatic N) is 2. The predicted octanol–water partition coefficient (Wildman–Crippen LogP) is 4.21. The number of nitrogens with one attached hydrogen (secondary N) is 1. The van der Waals surface area contributed by atoms with E-state index >= 15 is 0 Å². The molecule has 3 aromatic rings. The van der Waals surface area contributed by atoms with E-state index < -0.39 is 11.7 Å². The van der Waals surface area contributed by atoms with Gasteiger partial charge in [-0.15, -0.1) is 0 Å². The summed E-state index contributed by atoms with van der Waals surface area (Å²) >= 11 is 0. The number of alkyl halides is 3. The Kier molecular flexibility index (Phi) is 4.09. The largest absolute Gasteiger partial charge is 0.416 e. The average Bonchev–Trinajstić information content (AvgIpc) is 2.88. The molecular formula is C17H16F3N3. The molecule has 0 unspecified atom stereocenters. The molecule has 0 saturated carbocycles. The summed E-state index contributed by atoms with van der Waals surface area (Å²) in [6.45, 7) is 1.27. The van der Waals surface area contributed by atoms with Gasteiger partial charge in [-0.3, -0.25) is 4.90 Å². The van der Waals surface area contributed by atoms with Crippen molar-refractivity contribution in [1.29, 1.82) is 0 Å². The molecule has 6 heteroatoms. The van der Waals surface area contributed by atoms with Gasteiger partial charge in [-0.2, -0.15) is 13.2 Å². The van der Waals surface area contributed by atoms with Crippen LogP contribution in [0.4, 0.5) is 13.2 Å². The van der Waals surface area contributed by atoms with Crippen molar-refractivity contribution in [2.24, 2.45) is 0 Å². The Hall–Kier alpha value is -2.34. The molecule has 0 aliphatic heterocycles. The van der Waals surface area contributed by atoms with Crippen LogP contribution in [0.15, 0.2) is 48.5 Å². The van der Waals surface area contributed by atoms with E-state index in [-0.39, 0.29) is 0 Å². The smallest absolute Gasteiger partial charge is 0.341 e. The van der Waals surface area contributed by atoms with Crippen LogP contribution < -0.4 is 0 Å². The summed E-state index contributed by atoms with van der Waals surface area (Å²) in [5.74, 6) is 0.651. The maximum atomic E-state index is 12.7. The molecule has 2 aromatic carbocycles. The summed E-state index contributed by atoms with van der Waals surface area (Å²) in [6, 6.07) is 13.5. The average molecular weight is 319 g/mol. The second kappa shape index (κ2) is 6.04. The van der Waals surface area contributed by atoms with Crippen molar-refractivity contribution >= 4 is 11.0 Å². The van der Waals surface area contributed by atoms with Crippen LogP contribution in [0.3, 0.4) is 0 Å². The minimum atomic E-state index is -4.34. The van der Waals surface area contributed by atoms with E-state index in [1.54, 1.807) is 0 Å². The number of hydrogen-bond acceptors (Lipinski definition) is 2. The zero-order valence-electron chi connectivity index (χ0n) is 12.6. The van der Waals surface area contributed by atoms with Gasteiger partial charge in [0.25, 0.3) is 0 Å². The number of halogens is 3. The first kappa shape index (κ1) is 15.6. The lowest BCUT2D eigenvalue weighted by Gasteiger charge is -2.14. The van der Waals surface area contributed by atoms with Crippen molar-refractivity contribution in [2.75, 3.05) is 7.05 Å². The molecule has 1 N–H and O–H groups in total. The minimum absolute atomic E-state index is 0.405. The quantitative estimate of drug-likeness (QED) is 0.781. The first-order chi connectivity index (χ1) is 10.9. The molecule has 0 amide bonds. The van der Waals surface area contributed by atoms with Gasteiger partial charge in [-0.1, -0.05) is 30.3 Å². The fourth-order valence-electron chi connectivity index (χ4n) is 2.52. The van der Waals surface area contributed by atoms with E-state index in [9.17, 15) is 13.2 Å². The van der Waals surface area contributed by atoms with Gasteiger partial charge in [0.1, 0.15) is 5.82 Å². The SMILES string of the molecule is CN(Cc1ccccc1)Cc1nc2ccc(C(F)(F)F)cc2[nH]1. The number of benzene rings is 2. The molecule has 0 bridgehead atoms. The molecule has 0 spiro atoms. The van der Waals surface area contributed by atoms with Gasteiger partial charge in [0.15, 0.2) is 0 Å². The lowest BCUT2D eigenvalue weighted by Crippen LogP contribution is -2.17. The maximum Gasteiger partial charge on any atom is 0.416 e. The highest BCUT2D eigenvalue weighted by molar-refractivity contribution is 5.76. The molecule has 0 aliphatic rings. The molecule has 23 heavy (non-hydrogen) atoms. The second-order valence-corrected chi connectivity index (χ2v) is 5.57. The Morgan fingerprint density at radius 3 is 2.48 bits per heavy atom. The van der Waals surface area contributed by atoms with Crippen LogP contribution in [0.1, 0.15) is 17.0 Å². The molecule has 3 nitrogen and oxygen atoms in total. The fourth-order valence-corrected chi connectivity index (χ4v) is 2.52.